The zero-order valence-corrected chi connectivity index (χ0v) is 13.9. The fourth-order valence-electron chi connectivity index (χ4n) is 4.32. The second-order valence-electron chi connectivity index (χ2n) is 7.08. The lowest BCUT2D eigenvalue weighted by Crippen LogP contribution is -2.51. The van der Waals surface area contributed by atoms with Gasteiger partial charge in [-0.15, -0.1) is 0 Å². The number of carbonyl (C=O) groups excluding carboxylic acids is 2. The maximum absolute atomic E-state index is 12.7. The van der Waals surface area contributed by atoms with E-state index in [2.05, 4.69) is 11.4 Å². The lowest BCUT2D eigenvalue weighted by Gasteiger charge is -2.38. The molecule has 128 valence electrons. The van der Waals surface area contributed by atoms with Crippen LogP contribution >= 0.6 is 0 Å². The molecule has 0 spiro atoms. The molecule has 5 heteroatoms. The van der Waals surface area contributed by atoms with Crippen LogP contribution in [0, 0.1) is 5.92 Å². The van der Waals surface area contributed by atoms with Crippen molar-refractivity contribution < 1.29 is 14.3 Å². The largest absolute Gasteiger partial charge is 0.374 e. The maximum Gasteiger partial charge on any atom is 0.227 e. The summed E-state index contributed by atoms with van der Waals surface area (Å²) in [5.74, 6) is 0.119. The fraction of sp³-hybridized carbons (Fsp3) is 0.579. The number of nitrogens with zero attached hydrogens (tertiary/aromatic N) is 1. The molecule has 3 aliphatic rings. The van der Waals surface area contributed by atoms with Gasteiger partial charge in [-0.05, 0) is 43.7 Å². The average Bonchev–Trinajstić information content (AvgIpc) is 3.08. The standard InChI is InChI=1S/C19H24N2O3/c22-18(21-10-11-24-17-7-3-6-16(17)21)9-8-14-12-13-4-1-2-5-15(13)20-19(14)23/h1-2,4-5,14,16-17H,3,6-12H2,(H,20,23)/t14-,16+,17-/m0/s1. The normalized spacial score (nSPS) is 28.9. The lowest BCUT2D eigenvalue weighted by atomic mass is 9.89. The highest BCUT2D eigenvalue weighted by molar-refractivity contribution is 5.96. The van der Waals surface area contributed by atoms with Crippen molar-refractivity contribution in [3.63, 3.8) is 0 Å². The van der Waals surface area contributed by atoms with Crippen LogP contribution in [0.15, 0.2) is 24.3 Å². The Morgan fingerprint density at radius 2 is 2.17 bits per heavy atom. The van der Waals surface area contributed by atoms with Crippen molar-refractivity contribution in [3.05, 3.63) is 29.8 Å². The van der Waals surface area contributed by atoms with Crippen molar-refractivity contribution in [2.24, 2.45) is 5.92 Å². The van der Waals surface area contributed by atoms with E-state index >= 15 is 0 Å². The zero-order valence-electron chi connectivity index (χ0n) is 13.9. The number of para-hydroxylation sites is 1. The van der Waals surface area contributed by atoms with Gasteiger partial charge in [-0.25, -0.2) is 0 Å². The van der Waals surface area contributed by atoms with Gasteiger partial charge >= 0.3 is 0 Å². The highest BCUT2D eigenvalue weighted by Gasteiger charge is 2.38. The number of rotatable bonds is 3. The Morgan fingerprint density at radius 3 is 3.08 bits per heavy atom. The number of nitrogens with one attached hydrogen (secondary N) is 1. The Labute approximate surface area is 142 Å². The van der Waals surface area contributed by atoms with Crippen LogP contribution in [0.3, 0.4) is 0 Å². The number of benzene rings is 1. The Kier molecular flexibility index (Phi) is 4.27. The quantitative estimate of drug-likeness (QED) is 0.927. The van der Waals surface area contributed by atoms with Crippen LogP contribution in [0.25, 0.3) is 0 Å². The van der Waals surface area contributed by atoms with E-state index in [1.807, 2.05) is 23.1 Å². The first-order valence-corrected chi connectivity index (χ1v) is 9.02. The summed E-state index contributed by atoms with van der Waals surface area (Å²) in [6.45, 7) is 1.34. The minimum Gasteiger partial charge on any atom is -0.374 e. The first-order valence-electron chi connectivity index (χ1n) is 9.02. The number of fused-ring (bicyclic) bond motifs is 2. The molecule has 0 aromatic heterocycles. The highest BCUT2D eigenvalue weighted by atomic mass is 16.5. The van der Waals surface area contributed by atoms with Crippen molar-refractivity contribution >= 4 is 17.5 Å². The van der Waals surface area contributed by atoms with E-state index in [0.29, 0.717) is 26.0 Å². The monoisotopic (exact) mass is 328 g/mol. The summed E-state index contributed by atoms with van der Waals surface area (Å²) in [5.41, 5.74) is 2.07. The van der Waals surface area contributed by atoms with Gasteiger partial charge in [0.15, 0.2) is 0 Å². The lowest BCUT2D eigenvalue weighted by molar-refractivity contribution is -0.144. The molecule has 1 N–H and O–H groups in total. The number of hydrogen-bond donors (Lipinski definition) is 1. The summed E-state index contributed by atoms with van der Waals surface area (Å²) >= 11 is 0. The molecule has 4 rings (SSSR count). The predicted octanol–water partition coefficient (Wildman–Crippen LogP) is 2.36. The molecule has 1 aliphatic carbocycles. The molecular weight excluding hydrogens is 304 g/mol. The van der Waals surface area contributed by atoms with Gasteiger partial charge in [0.1, 0.15) is 0 Å². The first kappa shape index (κ1) is 15.6. The molecule has 1 saturated heterocycles. The van der Waals surface area contributed by atoms with Crippen molar-refractivity contribution in [2.45, 2.75) is 50.7 Å². The van der Waals surface area contributed by atoms with Gasteiger partial charge in [0, 0.05) is 24.6 Å². The highest BCUT2D eigenvalue weighted by Crippen LogP contribution is 2.31. The molecule has 0 radical (unpaired) electrons. The third kappa shape index (κ3) is 2.93. The molecule has 0 unspecified atom stereocenters. The van der Waals surface area contributed by atoms with Crippen LogP contribution < -0.4 is 5.32 Å². The van der Waals surface area contributed by atoms with Gasteiger partial charge in [0.05, 0.1) is 18.8 Å². The second-order valence-corrected chi connectivity index (χ2v) is 7.08. The van der Waals surface area contributed by atoms with Crippen molar-refractivity contribution in [2.75, 3.05) is 18.5 Å². The summed E-state index contributed by atoms with van der Waals surface area (Å²) in [6.07, 6.45) is 5.28. The number of amides is 2. The first-order chi connectivity index (χ1) is 11.7. The van der Waals surface area contributed by atoms with Crippen LogP contribution in [-0.4, -0.2) is 42.0 Å². The van der Waals surface area contributed by atoms with E-state index in [1.165, 1.54) is 0 Å². The van der Waals surface area contributed by atoms with Gasteiger partial charge in [0.25, 0.3) is 0 Å². The molecule has 1 aromatic rings. The SMILES string of the molecule is O=C1Nc2ccccc2C[C@@H]1CCC(=O)N1CCO[C@H]2CCC[C@H]21. The van der Waals surface area contributed by atoms with Crippen LogP contribution in [0.2, 0.25) is 0 Å². The molecule has 2 amide bonds. The average molecular weight is 328 g/mol. The van der Waals surface area contributed by atoms with Gasteiger partial charge < -0.3 is 15.0 Å². The van der Waals surface area contributed by atoms with Crippen molar-refractivity contribution in [1.82, 2.24) is 4.90 Å². The molecule has 1 aromatic carbocycles. The van der Waals surface area contributed by atoms with Crippen LogP contribution in [0.4, 0.5) is 5.69 Å². The Hall–Kier alpha value is -1.88. The number of morpholine rings is 1. The molecule has 2 aliphatic heterocycles. The van der Waals surface area contributed by atoms with Crippen LogP contribution in [0.1, 0.15) is 37.7 Å². The molecule has 24 heavy (non-hydrogen) atoms. The summed E-state index contributed by atoms with van der Waals surface area (Å²) in [5, 5.41) is 2.97. The third-order valence-corrected chi connectivity index (χ3v) is 5.62. The minimum atomic E-state index is -0.107. The molecule has 1 saturated carbocycles. The predicted molar refractivity (Wildman–Crippen MR) is 90.6 cm³/mol. The molecule has 2 heterocycles. The summed E-state index contributed by atoms with van der Waals surface area (Å²) < 4.78 is 5.77. The summed E-state index contributed by atoms with van der Waals surface area (Å²) in [7, 11) is 0. The third-order valence-electron chi connectivity index (χ3n) is 5.62. The molecule has 0 bridgehead atoms. The second kappa shape index (κ2) is 6.55. The van der Waals surface area contributed by atoms with E-state index in [9.17, 15) is 9.59 Å². The summed E-state index contributed by atoms with van der Waals surface area (Å²) in [4.78, 5) is 27.0. The van der Waals surface area contributed by atoms with Crippen molar-refractivity contribution in [3.8, 4) is 0 Å². The number of ether oxygens (including phenoxy) is 1. The summed E-state index contributed by atoms with van der Waals surface area (Å²) in [6, 6.07) is 8.16. The molecule has 2 fully saturated rings. The molecular formula is C19H24N2O3. The van der Waals surface area contributed by atoms with Crippen LogP contribution in [0.5, 0.6) is 0 Å². The minimum absolute atomic E-state index is 0.0437. The van der Waals surface area contributed by atoms with Crippen molar-refractivity contribution in [1.29, 1.82) is 0 Å². The maximum atomic E-state index is 12.7. The van der Waals surface area contributed by atoms with E-state index in [-0.39, 0.29) is 29.9 Å². The Bertz CT molecular complexity index is 645. The van der Waals surface area contributed by atoms with E-state index < -0.39 is 0 Å². The van der Waals surface area contributed by atoms with Gasteiger partial charge in [-0.3, -0.25) is 9.59 Å². The van der Waals surface area contributed by atoms with Crippen LogP contribution in [-0.2, 0) is 20.7 Å². The number of carbonyl (C=O) groups is 2. The van der Waals surface area contributed by atoms with E-state index in [4.69, 9.17) is 4.74 Å². The molecule has 5 nitrogen and oxygen atoms in total. The Balaban J connectivity index is 1.36. The Morgan fingerprint density at radius 1 is 1.29 bits per heavy atom. The van der Waals surface area contributed by atoms with Gasteiger partial charge in [-0.2, -0.15) is 0 Å². The van der Waals surface area contributed by atoms with Gasteiger partial charge in [-0.1, -0.05) is 18.2 Å². The zero-order chi connectivity index (χ0) is 16.5. The topological polar surface area (TPSA) is 58.6 Å². The number of hydrogen-bond acceptors (Lipinski definition) is 3. The fourth-order valence-corrected chi connectivity index (χ4v) is 4.32. The van der Waals surface area contributed by atoms with E-state index in [0.717, 1.165) is 36.9 Å². The van der Waals surface area contributed by atoms with Gasteiger partial charge in [0.2, 0.25) is 11.8 Å². The molecule has 3 atom stereocenters. The number of anilines is 1. The van der Waals surface area contributed by atoms with E-state index in [1.54, 1.807) is 0 Å². The smallest absolute Gasteiger partial charge is 0.227 e.